The summed E-state index contributed by atoms with van der Waals surface area (Å²) in [4.78, 5) is 0. The van der Waals surface area contributed by atoms with Gasteiger partial charge in [-0.25, -0.2) is 0 Å². The molecule has 0 bridgehead atoms. The summed E-state index contributed by atoms with van der Waals surface area (Å²) in [5.41, 5.74) is 0. The summed E-state index contributed by atoms with van der Waals surface area (Å²) in [7, 11) is 0. The summed E-state index contributed by atoms with van der Waals surface area (Å²) in [5.74, 6) is 0. The largest absolute Gasteiger partial charge is 4.00 e. The molecule has 2 nitrogen and oxygen atoms in total. The Labute approximate surface area is 96.1 Å². The predicted molar refractivity (Wildman–Crippen MR) is 18.6 cm³/mol. The van der Waals surface area contributed by atoms with Gasteiger partial charge in [-0.05, 0) is 0 Å². The molecule has 0 aliphatic rings. The van der Waals surface area contributed by atoms with Crippen LogP contribution in [-0.2, 0) is 30.4 Å². The van der Waals surface area contributed by atoms with Gasteiger partial charge in [0.15, 0.2) is 0 Å². The van der Waals surface area contributed by atoms with Gasteiger partial charge in [-0.1, -0.05) is 0 Å². The molecule has 0 amide bonds. The van der Waals surface area contributed by atoms with Crippen molar-refractivity contribution >= 4 is 67.1 Å². The molecule has 6 heavy (non-hydrogen) atoms. The van der Waals surface area contributed by atoms with Crippen molar-refractivity contribution in [2.45, 2.75) is 0 Å². The molecule has 0 saturated heterocycles. The molecule has 0 fully saturated rings. The van der Waals surface area contributed by atoms with Crippen LogP contribution < -0.4 is 0 Å². The smallest absolute Gasteiger partial charge is 2.00 e. The molecule has 0 rings (SSSR count). The minimum atomic E-state index is 0. The molecule has 0 N–H and O–H groups in total. The Bertz CT molecular complexity index is 13.5. The predicted octanol–water partition coefficient (Wildman–Crippen LogP) is -1.38. The van der Waals surface area contributed by atoms with Crippen LogP contribution in [-0.4, -0.2) is 67.1 Å². The summed E-state index contributed by atoms with van der Waals surface area (Å²) in [6, 6.07) is 0. The average molecular weight is 358 g/mol. The SMILES string of the molecule is [Al].[In].[O-2].[O-2].[Sn+4].[Zn]. The van der Waals surface area contributed by atoms with Crippen LogP contribution in [0, 0.1) is 0 Å². The van der Waals surface area contributed by atoms with E-state index in [9.17, 15) is 0 Å². The Kier molecular flexibility index (Phi) is 543. The second-order valence-electron chi connectivity index (χ2n) is 0. The van der Waals surface area contributed by atoms with Crippen LogP contribution in [0.3, 0.4) is 0 Å². The Morgan fingerprint density at radius 3 is 0.833 bits per heavy atom. The molecular formula is AlInO2SnZn. The summed E-state index contributed by atoms with van der Waals surface area (Å²) in [6.07, 6.45) is 0. The summed E-state index contributed by atoms with van der Waals surface area (Å²) in [6.45, 7) is 0. The second-order valence-corrected chi connectivity index (χ2v) is 0. The molecule has 0 aliphatic heterocycles. The summed E-state index contributed by atoms with van der Waals surface area (Å²) in [5, 5.41) is 0. The molecule has 0 aromatic carbocycles. The van der Waals surface area contributed by atoms with Crippen molar-refractivity contribution in [3.05, 3.63) is 0 Å². The van der Waals surface area contributed by atoms with Gasteiger partial charge in [-0.2, -0.15) is 0 Å². The van der Waals surface area contributed by atoms with E-state index in [1.54, 1.807) is 0 Å². The van der Waals surface area contributed by atoms with E-state index < -0.39 is 0 Å². The molecule has 0 atom stereocenters. The third-order valence-corrected chi connectivity index (χ3v) is 0. The zero-order chi connectivity index (χ0) is 0. The van der Waals surface area contributed by atoms with Crippen molar-refractivity contribution in [2.75, 3.05) is 0 Å². The first kappa shape index (κ1) is 69.6. The fourth-order valence-corrected chi connectivity index (χ4v) is 0. The number of hydrogen-bond donors (Lipinski definition) is 0. The Balaban J connectivity index is 0. The van der Waals surface area contributed by atoms with Gasteiger partial charge >= 0.3 is 23.9 Å². The third-order valence-electron chi connectivity index (χ3n) is 0. The molecule has 6 heteroatoms. The average Bonchev–Trinajstić information content (AvgIpc) is 0. The molecular weight excluding hydrogens is 358 g/mol. The van der Waals surface area contributed by atoms with Crippen LogP contribution in [0.1, 0.15) is 0 Å². The summed E-state index contributed by atoms with van der Waals surface area (Å²) >= 11 is 0. The van der Waals surface area contributed by atoms with Crippen molar-refractivity contribution < 1.29 is 30.4 Å². The molecule has 6 radical (unpaired) electrons. The molecule has 0 aromatic rings. The van der Waals surface area contributed by atoms with Crippen molar-refractivity contribution in [3.8, 4) is 0 Å². The van der Waals surface area contributed by atoms with E-state index in [4.69, 9.17) is 0 Å². The van der Waals surface area contributed by atoms with Crippen molar-refractivity contribution in [1.82, 2.24) is 0 Å². The molecule has 0 aromatic heterocycles. The minimum absolute atomic E-state index is 0. The zero-order valence-corrected chi connectivity index (χ0v) is 13.4. The molecule has 0 spiro atoms. The van der Waals surface area contributed by atoms with E-state index in [2.05, 4.69) is 0 Å². The van der Waals surface area contributed by atoms with Crippen molar-refractivity contribution in [2.24, 2.45) is 0 Å². The maximum absolute atomic E-state index is 0. The first-order valence-electron chi connectivity index (χ1n) is 0. The van der Waals surface area contributed by atoms with E-state index in [1.165, 1.54) is 0 Å². The van der Waals surface area contributed by atoms with Crippen LogP contribution in [0.25, 0.3) is 0 Å². The monoisotopic (exact) mass is 358 g/mol. The molecule has 0 saturated carbocycles. The van der Waals surface area contributed by atoms with Crippen LogP contribution in [0.4, 0.5) is 0 Å². The first-order valence-corrected chi connectivity index (χ1v) is 0. The van der Waals surface area contributed by atoms with Gasteiger partial charge < -0.3 is 11.0 Å². The van der Waals surface area contributed by atoms with Gasteiger partial charge in [0.25, 0.3) is 0 Å². The van der Waals surface area contributed by atoms with E-state index in [0.29, 0.717) is 0 Å². The maximum atomic E-state index is 0. The van der Waals surface area contributed by atoms with Gasteiger partial charge in [0.1, 0.15) is 0 Å². The Morgan fingerprint density at radius 1 is 0.833 bits per heavy atom. The van der Waals surface area contributed by atoms with E-state index in [0.717, 1.165) is 0 Å². The van der Waals surface area contributed by atoms with Gasteiger partial charge in [0.05, 0.1) is 0 Å². The normalized spacial score (nSPS) is 0. The van der Waals surface area contributed by atoms with Gasteiger partial charge in [-0.15, -0.1) is 0 Å². The topological polar surface area (TPSA) is 57.0 Å². The van der Waals surface area contributed by atoms with E-state index >= 15 is 0 Å². The third kappa shape index (κ3) is 29.5. The van der Waals surface area contributed by atoms with Crippen LogP contribution >= 0.6 is 0 Å². The maximum Gasteiger partial charge on any atom is 4.00 e. The number of rotatable bonds is 0. The quantitative estimate of drug-likeness (QED) is 0.480. The van der Waals surface area contributed by atoms with E-state index in [1.807, 2.05) is 0 Å². The Hall–Kier alpha value is 2.74. The van der Waals surface area contributed by atoms with Gasteiger partial charge in [0, 0.05) is 62.7 Å². The fourth-order valence-electron chi connectivity index (χ4n) is 0. The number of hydrogen-bond acceptors (Lipinski definition) is 0. The fraction of sp³-hybridized carbons (Fsp3) is 0. The van der Waals surface area contributed by atoms with Crippen molar-refractivity contribution in [3.63, 3.8) is 0 Å². The van der Waals surface area contributed by atoms with Crippen molar-refractivity contribution in [1.29, 1.82) is 0 Å². The first-order chi connectivity index (χ1) is 0. The molecule has 0 aliphatic carbocycles. The summed E-state index contributed by atoms with van der Waals surface area (Å²) < 4.78 is 0. The second kappa shape index (κ2) is 46.8. The zero-order valence-electron chi connectivity index (χ0n) is 3.18. The molecule has 0 heterocycles. The standard InChI is InChI=1S/Al.In.2O.Sn.Zn/q;;2*-2;+4;. The molecule has 24 valence electrons. The Morgan fingerprint density at radius 2 is 0.833 bits per heavy atom. The van der Waals surface area contributed by atoms with Crippen LogP contribution in [0.2, 0.25) is 0 Å². The van der Waals surface area contributed by atoms with Gasteiger partial charge in [-0.3, -0.25) is 0 Å². The minimum Gasteiger partial charge on any atom is -2.00 e. The van der Waals surface area contributed by atoms with E-state index in [-0.39, 0.29) is 97.5 Å². The van der Waals surface area contributed by atoms with Gasteiger partial charge in [0.2, 0.25) is 0 Å². The van der Waals surface area contributed by atoms with Crippen LogP contribution in [0.15, 0.2) is 0 Å². The van der Waals surface area contributed by atoms with Crippen LogP contribution in [0.5, 0.6) is 0 Å². The molecule has 0 unspecified atom stereocenters.